The highest BCUT2D eigenvalue weighted by Gasteiger charge is 2.44. The monoisotopic (exact) mass is 291 g/mol. The van der Waals surface area contributed by atoms with Gasteiger partial charge in [0.2, 0.25) is 0 Å². The van der Waals surface area contributed by atoms with Gasteiger partial charge in [-0.05, 0) is 25.2 Å². The zero-order valence-electron chi connectivity index (χ0n) is 11.6. The molecule has 8 heteroatoms. The molecule has 0 aromatic carbocycles. The number of carboxylic acids is 1. The number of urea groups is 1. The van der Waals surface area contributed by atoms with E-state index in [9.17, 15) is 9.59 Å². The van der Waals surface area contributed by atoms with Crippen molar-refractivity contribution in [1.82, 2.24) is 24.8 Å². The summed E-state index contributed by atoms with van der Waals surface area (Å²) in [6, 6.07) is 0.595. The van der Waals surface area contributed by atoms with Crippen LogP contribution in [-0.2, 0) is 0 Å². The summed E-state index contributed by atoms with van der Waals surface area (Å²) in [6.07, 6.45) is 4.98. The number of likely N-dealkylation sites (tertiary alicyclic amines) is 2. The molecule has 2 unspecified atom stereocenters. The van der Waals surface area contributed by atoms with Gasteiger partial charge in [-0.3, -0.25) is 0 Å². The van der Waals surface area contributed by atoms with Gasteiger partial charge < -0.3 is 14.9 Å². The Hall–Kier alpha value is -2.12. The lowest BCUT2D eigenvalue weighted by Crippen LogP contribution is -2.56. The van der Waals surface area contributed by atoms with Gasteiger partial charge >= 0.3 is 12.0 Å². The maximum Gasteiger partial charge on any atom is 0.358 e. The zero-order chi connectivity index (χ0) is 14.6. The van der Waals surface area contributed by atoms with Gasteiger partial charge in [0, 0.05) is 25.7 Å². The van der Waals surface area contributed by atoms with Gasteiger partial charge in [-0.1, -0.05) is 5.21 Å². The highest BCUT2D eigenvalue weighted by Crippen LogP contribution is 2.38. The minimum absolute atomic E-state index is 0.0364. The summed E-state index contributed by atoms with van der Waals surface area (Å²) in [5.41, 5.74) is -0.0587. The first-order chi connectivity index (χ1) is 10.1. The molecular formula is C13H17N5O3. The molecule has 8 nitrogen and oxygen atoms in total. The van der Waals surface area contributed by atoms with Crippen molar-refractivity contribution >= 4 is 12.0 Å². The van der Waals surface area contributed by atoms with Crippen molar-refractivity contribution in [3.05, 3.63) is 11.9 Å². The summed E-state index contributed by atoms with van der Waals surface area (Å²) in [7, 11) is 0. The van der Waals surface area contributed by atoms with E-state index < -0.39 is 5.97 Å². The van der Waals surface area contributed by atoms with E-state index in [0.29, 0.717) is 25.0 Å². The Kier molecular flexibility index (Phi) is 2.66. The SMILES string of the molecule is O=C(O)c1cn(C2CN(C(=O)N3CC4CCC3C4)C2)nn1. The summed E-state index contributed by atoms with van der Waals surface area (Å²) in [5.74, 6) is -0.383. The number of hydrogen-bond acceptors (Lipinski definition) is 4. The number of rotatable bonds is 2. The molecule has 2 saturated heterocycles. The molecule has 0 radical (unpaired) electrons. The first kappa shape index (κ1) is 12.6. The van der Waals surface area contributed by atoms with E-state index in [2.05, 4.69) is 10.3 Å². The van der Waals surface area contributed by atoms with Gasteiger partial charge in [0.25, 0.3) is 0 Å². The Morgan fingerprint density at radius 3 is 2.57 bits per heavy atom. The van der Waals surface area contributed by atoms with Crippen LogP contribution in [0.15, 0.2) is 6.20 Å². The smallest absolute Gasteiger partial charge is 0.358 e. The molecule has 112 valence electrons. The van der Waals surface area contributed by atoms with Crippen LogP contribution in [0.25, 0.3) is 0 Å². The van der Waals surface area contributed by atoms with Crippen LogP contribution in [0.5, 0.6) is 0 Å². The molecule has 21 heavy (non-hydrogen) atoms. The maximum atomic E-state index is 12.4. The molecule has 1 saturated carbocycles. The Labute approximate surface area is 121 Å². The number of carbonyl (C=O) groups excluding carboxylic acids is 1. The van der Waals surface area contributed by atoms with E-state index in [1.807, 2.05) is 9.80 Å². The topological polar surface area (TPSA) is 91.6 Å². The number of aromatic nitrogens is 3. The average molecular weight is 291 g/mol. The van der Waals surface area contributed by atoms with E-state index in [4.69, 9.17) is 5.11 Å². The number of amides is 2. The molecule has 4 rings (SSSR count). The molecule has 1 aromatic heterocycles. The third kappa shape index (κ3) is 1.97. The summed E-state index contributed by atoms with van der Waals surface area (Å²) < 4.78 is 1.55. The van der Waals surface area contributed by atoms with Gasteiger partial charge in [-0.2, -0.15) is 0 Å². The standard InChI is InChI=1S/C13H17N5O3/c19-12(20)11-7-18(15-14-11)10-5-16(6-10)13(21)17-4-8-1-2-9(17)3-8/h7-10H,1-6H2,(H,19,20). The molecule has 3 heterocycles. The van der Waals surface area contributed by atoms with Crippen LogP contribution >= 0.6 is 0 Å². The number of aromatic carboxylic acids is 1. The lowest BCUT2D eigenvalue weighted by molar-refractivity contribution is 0.0688. The lowest BCUT2D eigenvalue weighted by atomic mass is 10.1. The van der Waals surface area contributed by atoms with Crippen LogP contribution < -0.4 is 0 Å². The second-order valence-corrected chi connectivity index (χ2v) is 6.22. The van der Waals surface area contributed by atoms with Crippen molar-refractivity contribution in [2.45, 2.75) is 31.3 Å². The molecule has 2 bridgehead atoms. The predicted molar refractivity (Wildman–Crippen MR) is 70.8 cm³/mol. The third-order valence-electron chi connectivity index (χ3n) is 4.89. The van der Waals surface area contributed by atoms with Crippen LogP contribution in [-0.4, -0.2) is 67.6 Å². The van der Waals surface area contributed by atoms with Gasteiger partial charge in [0.05, 0.1) is 12.2 Å². The molecule has 1 N–H and O–H groups in total. The molecule has 0 spiro atoms. The summed E-state index contributed by atoms with van der Waals surface area (Å²) in [5, 5.41) is 16.2. The fraction of sp³-hybridized carbons (Fsp3) is 0.692. The summed E-state index contributed by atoms with van der Waals surface area (Å²) in [4.78, 5) is 27.0. The average Bonchev–Trinajstić information content (AvgIpc) is 3.12. The maximum absolute atomic E-state index is 12.4. The number of fused-ring (bicyclic) bond motifs is 2. The van der Waals surface area contributed by atoms with Gasteiger partial charge in [0.1, 0.15) is 0 Å². The number of nitrogens with zero attached hydrogens (tertiary/aromatic N) is 5. The van der Waals surface area contributed by atoms with Crippen LogP contribution in [0.3, 0.4) is 0 Å². The number of hydrogen-bond donors (Lipinski definition) is 1. The molecule has 3 fully saturated rings. The van der Waals surface area contributed by atoms with Gasteiger partial charge in [0.15, 0.2) is 5.69 Å². The molecule has 1 aliphatic carbocycles. The van der Waals surface area contributed by atoms with Crippen molar-refractivity contribution in [2.75, 3.05) is 19.6 Å². The largest absolute Gasteiger partial charge is 0.476 e. The minimum Gasteiger partial charge on any atom is -0.476 e. The number of carboxylic acid groups (broad SMARTS) is 1. The lowest BCUT2D eigenvalue weighted by Gasteiger charge is -2.42. The van der Waals surface area contributed by atoms with E-state index in [0.717, 1.165) is 19.4 Å². The molecule has 2 aliphatic heterocycles. The second kappa shape index (κ2) is 4.44. The van der Waals surface area contributed by atoms with Crippen LogP contribution in [0, 0.1) is 5.92 Å². The van der Waals surface area contributed by atoms with E-state index in [-0.39, 0.29) is 17.8 Å². The van der Waals surface area contributed by atoms with Gasteiger partial charge in [-0.25, -0.2) is 14.3 Å². The normalized spacial score (nSPS) is 28.0. The van der Waals surface area contributed by atoms with Crippen molar-refractivity contribution < 1.29 is 14.7 Å². The first-order valence-corrected chi connectivity index (χ1v) is 7.32. The highest BCUT2D eigenvalue weighted by molar-refractivity contribution is 5.84. The number of piperidine rings is 1. The predicted octanol–water partition coefficient (Wildman–Crippen LogP) is 0.437. The van der Waals surface area contributed by atoms with Crippen LogP contribution in [0.4, 0.5) is 4.79 Å². The van der Waals surface area contributed by atoms with Crippen LogP contribution in [0.2, 0.25) is 0 Å². The molecule has 2 amide bonds. The fourth-order valence-electron chi connectivity index (χ4n) is 3.67. The zero-order valence-corrected chi connectivity index (χ0v) is 11.6. The van der Waals surface area contributed by atoms with Crippen molar-refractivity contribution in [3.8, 4) is 0 Å². The van der Waals surface area contributed by atoms with Crippen molar-refractivity contribution in [3.63, 3.8) is 0 Å². The fourth-order valence-corrected chi connectivity index (χ4v) is 3.67. The third-order valence-corrected chi connectivity index (χ3v) is 4.89. The molecular weight excluding hydrogens is 274 g/mol. The quantitative estimate of drug-likeness (QED) is 0.853. The Bertz CT molecular complexity index is 594. The van der Waals surface area contributed by atoms with Crippen LogP contribution in [0.1, 0.15) is 35.8 Å². The summed E-state index contributed by atoms with van der Waals surface area (Å²) >= 11 is 0. The van der Waals surface area contributed by atoms with E-state index in [1.165, 1.54) is 12.6 Å². The molecule has 1 aromatic rings. The Morgan fingerprint density at radius 2 is 2.00 bits per heavy atom. The Balaban J connectivity index is 1.36. The van der Waals surface area contributed by atoms with Gasteiger partial charge in [-0.15, -0.1) is 5.10 Å². The van der Waals surface area contributed by atoms with Crippen molar-refractivity contribution in [2.24, 2.45) is 5.92 Å². The first-order valence-electron chi connectivity index (χ1n) is 7.32. The minimum atomic E-state index is -1.08. The second-order valence-electron chi connectivity index (χ2n) is 6.22. The molecule has 2 atom stereocenters. The number of carbonyl (C=O) groups is 2. The Morgan fingerprint density at radius 1 is 1.19 bits per heavy atom. The highest BCUT2D eigenvalue weighted by atomic mass is 16.4. The van der Waals surface area contributed by atoms with Crippen molar-refractivity contribution in [1.29, 1.82) is 0 Å². The summed E-state index contributed by atoms with van der Waals surface area (Å²) in [6.45, 7) is 2.06. The molecule has 3 aliphatic rings. The van der Waals surface area contributed by atoms with E-state index in [1.54, 1.807) is 4.68 Å². The van der Waals surface area contributed by atoms with E-state index >= 15 is 0 Å².